The highest BCUT2D eigenvalue weighted by atomic mass is 16.2. The highest BCUT2D eigenvalue weighted by molar-refractivity contribution is 5.96. The second-order valence-corrected chi connectivity index (χ2v) is 11.3. The number of hydrogen-bond acceptors (Lipinski definition) is 4. The fraction of sp³-hybridized carbons (Fsp3) is 0.382. The van der Waals surface area contributed by atoms with E-state index in [0.29, 0.717) is 45.1 Å². The van der Waals surface area contributed by atoms with E-state index in [0.717, 1.165) is 23.2 Å². The number of anilines is 1. The molecule has 41 heavy (non-hydrogen) atoms. The summed E-state index contributed by atoms with van der Waals surface area (Å²) >= 11 is 0. The molecule has 1 spiro atoms. The van der Waals surface area contributed by atoms with Gasteiger partial charge in [-0.15, -0.1) is 0 Å². The Morgan fingerprint density at radius 3 is 1.93 bits per heavy atom. The average Bonchev–Trinajstić information content (AvgIpc) is 3.27. The number of nitrogens with zero attached hydrogens (tertiary/aromatic N) is 3. The minimum Gasteiger partial charge on any atom is -0.354 e. The molecule has 7 heteroatoms. The maximum Gasteiger partial charge on any atom is 0.250 e. The van der Waals surface area contributed by atoms with Crippen LogP contribution in [0.2, 0.25) is 0 Å². The molecule has 1 N–H and O–H groups in total. The number of para-hydroxylation sites is 1. The number of benzene rings is 3. The van der Waals surface area contributed by atoms with Gasteiger partial charge in [-0.2, -0.15) is 0 Å². The summed E-state index contributed by atoms with van der Waals surface area (Å²) in [5.41, 5.74) is 2.09. The molecule has 0 aliphatic carbocycles. The first kappa shape index (κ1) is 28.4. The molecule has 214 valence electrons. The molecule has 2 saturated heterocycles. The first-order chi connectivity index (χ1) is 19.9. The van der Waals surface area contributed by atoms with Gasteiger partial charge in [0.25, 0.3) is 5.91 Å². The van der Waals surface area contributed by atoms with Crippen LogP contribution < -0.4 is 10.2 Å². The number of rotatable bonds is 9. The summed E-state index contributed by atoms with van der Waals surface area (Å²) in [4.78, 5) is 46.6. The quantitative estimate of drug-likeness (QED) is 0.420. The molecule has 3 amide bonds. The van der Waals surface area contributed by atoms with Gasteiger partial charge in [0.1, 0.15) is 12.1 Å². The van der Waals surface area contributed by atoms with Gasteiger partial charge in [-0.1, -0.05) is 99.1 Å². The van der Waals surface area contributed by atoms with Crippen molar-refractivity contribution in [3.63, 3.8) is 0 Å². The van der Waals surface area contributed by atoms with Crippen LogP contribution in [-0.2, 0) is 14.4 Å². The van der Waals surface area contributed by atoms with Crippen molar-refractivity contribution in [2.45, 2.75) is 44.6 Å². The van der Waals surface area contributed by atoms with Gasteiger partial charge < -0.3 is 20.0 Å². The summed E-state index contributed by atoms with van der Waals surface area (Å²) in [6.45, 7) is 6.13. The number of nitrogens with one attached hydrogen (secondary N) is 1. The maximum atomic E-state index is 14.1. The zero-order chi connectivity index (χ0) is 28.8. The highest BCUT2D eigenvalue weighted by Crippen LogP contribution is 2.40. The Morgan fingerprint density at radius 2 is 1.39 bits per heavy atom. The topological polar surface area (TPSA) is 73.0 Å². The Bertz CT molecular complexity index is 1280. The summed E-state index contributed by atoms with van der Waals surface area (Å²) < 4.78 is 0. The number of hydrogen-bond donors (Lipinski definition) is 1. The largest absolute Gasteiger partial charge is 0.354 e. The van der Waals surface area contributed by atoms with E-state index >= 15 is 0 Å². The summed E-state index contributed by atoms with van der Waals surface area (Å²) in [5, 5.41) is 2.99. The number of amides is 3. The second-order valence-electron chi connectivity index (χ2n) is 11.3. The Hall–Kier alpha value is -4.13. The molecule has 0 radical (unpaired) electrons. The lowest BCUT2D eigenvalue weighted by molar-refractivity contribution is -0.140. The van der Waals surface area contributed by atoms with Crippen molar-refractivity contribution >= 4 is 23.4 Å². The van der Waals surface area contributed by atoms with Crippen molar-refractivity contribution in [2.75, 3.05) is 37.7 Å². The predicted molar refractivity (Wildman–Crippen MR) is 161 cm³/mol. The predicted octanol–water partition coefficient (Wildman–Crippen LogP) is 4.65. The fourth-order valence-electron chi connectivity index (χ4n) is 6.03. The first-order valence-electron chi connectivity index (χ1n) is 14.7. The minimum absolute atomic E-state index is 0.0326. The van der Waals surface area contributed by atoms with Gasteiger partial charge in [0.2, 0.25) is 11.8 Å². The van der Waals surface area contributed by atoms with Crippen molar-refractivity contribution in [2.24, 2.45) is 5.92 Å². The third-order valence-electron chi connectivity index (χ3n) is 8.68. The minimum atomic E-state index is -0.788. The molecule has 2 fully saturated rings. The Labute approximate surface area is 243 Å². The van der Waals surface area contributed by atoms with E-state index in [1.807, 2.05) is 95.9 Å². The SMILES string of the molecule is CCC(C)CNC(=O)CN1CN(c2ccccc2)C2(CCN(C(=O)C(c3ccccc3)c3ccccc3)CC2)C1=O. The molecule has 0 aromatic heterocycles. The van der Waals surface area contributed by atoms with E-state index in [2.05, 4.69) is 24.1 Å². The van der Waals surface area contributed by atoms with Gasteiger partial charge in [-0.3, -0.25) is 14.4 Å². The van der Waals surface area contributed by atoms with E-state index in [-0.39, 0.29) is 24.3 Å². The first-order valence-corrected chi connectivity index (χ1v) is 14.7. The van der Waals surface area contributed by atoms with Crippen LogP contribution >= 0.6 is 0 Å². The standard InChI is InChI=1S/C34H40N4O3/c1-3-26(2)23-35-30(39)24-37-25-38(29-17-11-6-12-18-29)34(33(37)41)19-21-36(22-20-34)32(40)31(27-13-7-4-8-14-27)28-15-9-5-10-16-28/h4-18,26,31H,3,19-25H2,1-2H3,(H,35,39). The van der Waals surface area contributed by atoms with Crippen LogP contribution in [0.25, 0.3) is 0 Å². The van der Waals surface area contributed by atoms with Crippen LogP contribution in [-0.4, -0.2) is 65.9 Å². The summed E-state index contributed by atoms with van der Waals surface area (Å²) in [5.74, 6) is -0.130. The van der Waals surface area contributed by atoms with Crippen LogP contribution in [0.1, 0.15) is 50.2 Å². The van der Waals surface area contributed by atoms with Crippen LogP contribution in [0.5, 0.6) is 0 Å². The molecule has 3 aromatic rings. The zero-order valence-electron chi connectivity index (χ0n) is 24.0. The van der Waals surface area contributed by atoms with Gasteiger partial charge in [0.15, 0.2) is 0 Å². The fourth-order valence-corrected chi connectivity index (χ4v) is 6.03. The van der Waals surface area contributed by atoms with Crippen molar-refractivity contribution in [3.05, 3.63) is 102 Å². The molecular formula is C34H40N4O3. The van der Waals surface area contributed by atoms with E-state index < -0.39 is 11.5 Å². The number of carbonyl (C=O) groups is 3. The summed E-state index contributed by atoms with van der Waals surface area (Å²) in [6.07, 6.45) is 2.00. The maximum absolute atomic E-state index is 14.1. The molecule has 2 aliphatic heterocycles. The van der Waals surface area contributed by atoms with E-state index in [1.165, 1.54) is 0 Å². The molecule has 0 bridgehead atoms. The van der Waals surface area contributed by atoms with Crippen molar-refractivity contribution < 1.29 is 14.4 Å². The van der Waals surface area contributed by atoms with Crippen LogP contribution in [0.4, 0.5) is 5.69 Å². The zero-order valence-corrected chi connectivity index (χ0v) is 24.0. The van der Waals surface area contributed by atoms with Crippen molar-refractivity contribution in [1.29, 1.82) is 0 Å². The lowest BCUT2D eigenvalue weighted by atomic mass is 9.83. The van der Waals surface area contributed by atoms with Crippen LogP contribution in [0.15, 0.2) is 91.0 Å². The van der Waals surface area contributed by atoms with Crippen LogP contribution in [0.3, 0.4) is 0 Å². The lowest BCUT2D eigenvalue weighted by Gasteiger charge is -2.44. The van der Waals surface area contributed by atoms with Gasteiger partial charge in [-0.25, -0.2) is 0 Å². The molecule has 7 nitrogen and oxygen atoms in total. The number of likely N-dealkylation sites (tertiary alicyclic amines) is 1. The van der Waals surface area contributed by atoms with Gasteiger partial charge in [-0.05, 0) is 42.0 Å². The second kappa shape index (κ2) is 12.6. The molecule has 3 aromatic carbocycles. The highest BCUT2D eigenvalue weighted by Gasteiger charge is 2.54. The summed E-state index contributed by atoms with van der Waals surface area (Å²) in [6, 6.07) is 29.7. The lowest BCUT2D eigenvalue weighted by Crippen LogP contribution is -2.58. The van der Waals surface area contributed by atoms with Gasteiger partial charge >= 0.3 is 0 Å². The van der Waals surface area contributed by atoms with E-state index in [9.17, 15) is 14.4 Å². The monoisotopic (exact) mass is 552 g/mol. The van der Waals surface area contributed by atoms with Crippen molar-refractivity contribution in [3.8, 4) is 0 Å². The van der Waals surface area contributed by atoms with E-state index in [1.54, 1.807) is 4.90 Å². The molecule has 5 rings (SSSR count). The van der Waals surface area contributed by atoms with Gasteiger partial charge in [0, 0.05) is 25.3 Å². The molecule has 1 atom stereocenters. The molecule has 1 unspecified atom stereocenters. The number of piperidine rings is 1. The smallest absolute Gasteiger partial charge is 0.250 e. The Kier molecular flexibility index (Phi) is 8.72. The Balaban J connectivity index is 1.36. The molecule has 2 heterocycles. The molecule has 0 saturated carbocycles. The summed E-state index contributed by atoms with van der Waals surface area (Å²) in [7, 11) is 0. The molecular weight excluding hydrogens is 512 g/mol. The Morgan fingerprint density at radius 1 is 0.854 bits per heavy atom. The normalized spacial score (nSPS) is 17.2. The number of carbonyl (C=O) groups excluding carboxylic acids is 3. The average molecular weight is 553 g/mol. The third kappa shape index (κ3) is 5.99. The van der Waals surface area contributed by atoms with Crippen molar-refractivity contribution in [1.82, 2.24) is 15.1 Å². The molecule has 2 aliphatic rings. The van der Waals surface area contributed by atoms with Gasteiger partial charge in [0.05, 0.1) is 12.6 Å². The van der Waals surface area contributed by atoms with Crippen LogP contribution in [0, 0.1) is 5.92 Å². The third-order valence-corrected chi connectivity index (χ3v) is 8.68. The van der Waals surface area contributed by atoms with E-state index in [4.69, 9.17) is 0 Å².